The van der Waals surface area contributed by atoms with E-state index in [1.807, 2.05) is 54.6 Å². The number of methoxy groups -OCH3 is 1. The molecule has 2 atom stereocenters. The molecule has 1 amide bonds. The fraction of sp³-hybridized carbons (Fsp3) is 0.156. The van der Waals surface area contributed by atoms with E-state index in [-0.39, 0.29) is 24.4 Å². The molecule has 2 aromatic heterocycles. The minimum absolute atomic E-state index is 0.114. The van der Waals surface area contributed by atoms with Gasteiger partial charge >= 0.3 is 0 Å². The maximum Gasteiger partial charge on any atom is 0.226 e. The normalized spacial score (nSPS) is 16.6. The van der Waals surface area contributed by atoms with E-state index in [0.29, 0.717) is 23.1 Å². The third kappa shape index (κ3) is 5.01. The molecule has 1 aliphatic rings. The molecule has 0 bridgehead atoms. The van der Waals surface area contributed by atoms with Crippen LogP contribution in [0.4, 0.5) is 5.69 Å². The van der Waals surface area contributed by atoms with Crippen molar-refractivity contribution >= 4 is 39.7 Å². The molecule has 6 rings (SSSR count). The number of benzene rings is 3. The van der Waals surface area contributed by atoms with E-state index in [2.05, 4.69) is 73.7 Å². The van der Waals surface area contributed by atoms with Crippen LogP contribution in [0.1, 0.15) is 29.9 Å². The molecule has 1 saturated heterocycles. The Hall–Kier alpha value is -4.69. The molecule has 8 heteroatoms. The lowest BCUT2D eigenvalue weighted by Crippen LogP contribution is -2.33. The Kier molecular flexibility index (Phi) is 7.16. The first kappa shape index (κ1) is 25.6. The number of hydrogen-bond donors (Lipinski definition) is 2. The van der Waals surface area contributed by atoms with Crippen molar-refractivity contribution in [3.63, 3.8) is 0 Å². The molecule has 40 heavy (non-hydrogen) atoms. The second-order valence-electron chi connectivity index (χ2n) is 9.65. The molecule has 200 valence electrons. The minimum atomic E-state index is -0.180. The number of fused-ring (bicyclic) bond motifs is 1. The highest BCUT2D eigenvalue weighted by Gasteiger charge is 2.41. The van der Waals surface area contributed by atoms with Crippen molar-refractivity contribution < 1.29 is 9.53 Å². The number of para-hydroxylation sites is 2. The Morgan fingerprint density at radius 1 is 0.975 bits per heavy atom. The van der Waals surface area contributed by atoms with Crippen LogP contribution in [0.3, 0.4) is 0 Å². The average molecular weight is 548 g/mol. The zero-order valence-corrected chi connectivity index (χ0v) is 22.8. The van der Waals surface area contributed by atoms with Gasteiger partial charge in [-0.2, -0.15) is 0 Å². The predicted octanol–water partition coefficient (Wildman–Crippen LogP) is 6.04. The molecule has 2 unspecified atom stereocenters. The molecule has 3 heterocycles. The van der Waals surface area contributed by atoms with Crippen molar-refractivity contribution in [1.82, 2.24) is 19.8 Å². The molecule has 3 aromatic carbocycles. The number of thiocarbonyl (C=S) groups is 1. The van der Waals surface area contributed by atoms with Crippen LogP contribution in [0.2, 0.25) is 0 Å². The first-order valence-electron chi connectivity index (χ1n) is 13.2. The average Bonchev–Trinajstić information content (AvgIpc) is 3.60. The molecule has 0 saturated carbocycles. The largest absolute Gasteiger partial charge is 0.495 e. The van der Waals surface area contributed by atoms with Gasteiger partial charge in [-0.05, 0) is 71.5 Å². The molecule has 1 aliphatic heterocycles. The Labute approximate surface area is 238 Å². The Morgan fingerprint density at radius 3 is 2.60 bits per heavy atom. The van der Waals surface area contributed by atoms with Crippen molar-refractivity contribution in [1.29, 1.82) is 0 Å². The first-order chi connectivity index (χ1) is 19.6. The number of rotatable bonds is 8. The van der Waals surface area contributed by atoms with Crippen LogP contribution in [0.15, 0.2) is 109 Å². The third-order valence-corrected chi connectivity index (χ3v) is 7.61. The van der Waals surface area contributed by atoms with Gasteiger partial charge in [0, 0.05) is 36.7 Å². The quantitative estimate of drug-likeness (QED) is 0.231. The summed E-state index contributed by atoms with van der Waals surface area (Å²) in [6, 6.07) is 31.9. The third-order valence-electron chi connectivity index (χ3n) is 7.25. The zero-order chi connectivity index (χ0) is 27.5. The number of hydrogen-bond acceptors (Lipinski definition) is 4. The van der Waals surface area contributed by atoms with E-state index in [1.165, 1.54) is 10.8 Å². The lowest BCUT2D eigenvalue weighted by Gasteiger charge is -2.29. The summed E-state index contributed by atoms with van der Waals surface area (Å²) >= 11 is 5.84. The van der Waals surface area contributed by atoms with Gasteiger partial charge in [-0.25, -0.2) is 0 Å². The number of anilines is 1. The SMILES string of the molecule is COc1ccccc1NC(=O)CCN1C(=S)NC(c2ccccn2)C1c1cccn1-c1ccc2ccccc2c1. The standard InChI is InChI=1S/C32H29N5O2S/c1-39-28-14-5-4-11-25(28)34-29(38)17-20-37-31(30(35-32(37)40)26-12-6-7-18-33-26)27-13-8-19-36(27)24-16-15-22-9-2-3-10-23(22)21-24/h2-16,18-19,21,30-31H,17,20H2,1H3,(H,34,38)(H,35,40). The maximum atomic E-state index is 13.0. The van der Waals surface area contributed by atoms with Gasteiger partial charge in [-0.15, -0.1) is 0 Å². The minimum Gasteiger partial charge on any atom is -0.495 e. The van der Waals surface area contributed by atoms with Crippen molar-refractivity contribution in [2.45, 2.75) is 18.5 Å². The van der Waals surface area contributed by atoms with Gasteiger partial charge in [0.2, 0.25) is 5.91 Å². The number of amides is 1. The summed E-state index contributed by atoms with van der Waals surface area (Å²) in [5.74, 6) is 0.507. The summed E-state index contributed by atoms with van der Waals surface area (Å²) in [5, 5.41) is 9.42. The summed E-state index contributed by atoms with van der Waals surface area (Å²) in [7, 11) is 1.59. The topological polar surface area (TPSA) is 71.4 Å². The second kappa shape index (κ2) is 11.2. The summed E-state index contributed by atoms with van der Waals surface area (Å²) in [5.41, 5.74) is 3.65. The first-order valence-corrected chi connectivity index (χ1v) is 13.6. The van der Waals surface area contributed by atoms with Crippen LogP contribution in [0.25, 0.3) is 16.5 Å². The maximum absolute atomic E-state index is 13.0. The van der Waals surface area contributed by atoms with Crippen LogP contribution in [-0.4, -0.2) is 39.1 Å². The number of pyridine rings is 1. The zero-order valence-electron chi connectivity index (χ0n) is 22.0. The van der Waals surface area contributed by atoms with Crippen LogP contribution in [0, 0.1) is 0 Å². The number of aromatic nitrogens is 2. The van der Waals surface area contributed by atoms with E-state index < -0.39 is 0 Å². The van der Waals surface area contributed by atoms with Gasteiger partial charge in [0.1, 0.15) is 5.75 Å². The molecule has 0 spiro atoms. The predicted molar refractivity (Wildman–Crippen MR) is 162 cm³/mol. The van der Waals surface area contributed by atoms with Crippen LogP contribution in [0.5, 0.6) is 5.75 Å². The molecular formula is C32H29N5O2S. The van der Waals surface area contributed by atoms with Gasteiger partial charge in [0.25, 0.3) is 0 Å². The number of carbonyl (C=O) groups excluding carboxylic acids is 1. The van der Waals surface area contributed by atoms with Crippen molar-refractivity contribution in [2.75, 3.05) is 19.0 Å². The van der Waals surface area contributed by atoms with Crippen molar-refractivity contribution in [3.05, 3.63) is 121 Å². The molecule has 5 aromatic rings. The monoisotopic (exact) mass is 547 g/mol. The van der Waals surface area contributed by atoms with Gasteiger partial charge in [-0.3, -0.25) is 9.78 Å². The Balaban J connectivity index is 1.32. The highest BCUT2D eigenvalue weighted by Crippen LogP contribution is 2.40. The molecule has 0 aliphatic carbocycles. The van der Waals surface area contributed by atoms with Gasteiger partial charge in [0.05, 0.1) is 30.6 Å². The fourth-order valence-electron chi connectivity index (χ4n) is 5.35. The van der Waals surface area contributed by atoms with E-state index in [4.69, 9.17) is 17.0 Å². The van der Waals surface area contributed by atoms with Gasteiger partial charge in [-0.1, -0.05) is 48.5 Å². The number of carbonyl (C=O) groups is 1. The molecular weight excluding hydrogens is 518 g/mol. The van der Waals surface area contributed by atoms with Crippen LogP contribution in [-0.2, 0) is 4.79 Å². The van der Waals surface area contributed by atoms with Crippen LogP contribution >= 0.6 is 12.2 Å². The molecule has 0 radical (unpaired) electrons. The lowest BCUT2D eigenvalue weighted by molar-refractivity contribution is -0.116. The number of nitrogens with zero attached hydrogens (tertiary/aromatic N) is 3. The lowest BCUT2D eigenvalue weighted by atomic mass is 10.0. The number of ether oxygens (including phenoxy) is 1. The van der Waals surface area contributed by atoms with Crippen molar-refractivity contribution in [3.8, 4) is 11.4 Å². The van der Waals surface area contributed by atoms with E-state index in [9.17, 15) is 4.79 Å². The smallest absolute Gasteiger partial charge is 0.226 e. The van der Waals surface area contributed by atoms with Gasteiger partial charge < -0.3 is 24.8 Å². The van der Waals surface area contributed by atoms with Crippen molar-refractivity contribution in [2.24, 2.45) is 0 Å². The van der Waals surface area contributed by atoms with E-state index in [0.717, 1.165) is 17.1 Å². The van der Waals surface area contributed by atoms with Crippen LogP contribution < -0.4 is 15.4 Å². The molecule has 7 nitrogen and oxygen atoms in total. The summed E-state index contributed by atoms with van der Waals surface area (Å²) in [4.78, 5) is 19.8. The summed E-state index contributed by atoms with van der Waals surface area (Å²) in [6.07, 6.45) is 4.12. The molecule has 2 N–H and O–H groups in total. The molecule has 1 fully saturated rings. The van der Waals surface area contributed by atoms with Gasteiger partial charge in [0.15, 0.2) is 5.11 Å². The summed E-state index contributed by atoms with van der Waals surface area (Å²) in [6.45, 7) is 0.434. The number of nitrogens with one attached hydrogen (secondary N) is 2. The highest BCUT2D eigenvalue weighted by molar-refractivity contribution is 7.80. The van der Waals surface area contributed by atoms with E-state index >= 15 is 0 Å². The fourth-order valence-corrected chi connectivity index (χ4v) is 5.68. The second-order valence-corrected chi connectivity index (χ2v) is 10.0. The van der Waals surface area contributed by atoms with E-state index in [1.54, 1.807) is 13.3 Å². The Morgan fingerprint density at radius 2 is 1.77 bits per heavy atom. The summed E-state index contributed by atoms with van der Waals surface area (Å²) < 4.78 is 7.59. The Bertz CT molecular complexity index is 1670. The highest BCUT2D eigenvalue weighted by atomic mass is 32.1.